The average molecular weight is 434 g/mol. The van der Waals surface area contributed by atoms with Gasteiger partial charge in [0.1, 0.15) is 0 Å². The van der Waals surface area contributed by atoms with E-state index in [2.05, 4.69) is 31.9 Å². The molecule has 0 unspecified atom stereocenters. The number of nitrogen functional groups attached to an aromatic ring is 1. The summed E-state index contributed by atoms with van der Waals surface area (Å²) in [5, 5.41) is 0. The molecule has 0 radical (unpaired) electrons. The summed E-state index contributed by atoms with van der Waals surface area (Å²) in [6.45, 7) is 0.290. The topological polar surface area (TPSA) is 63.4 Å². The SMILES string of the molecule is CN(Cc1cccc(Br)c1)S(=O)(=O)c1ccc(N)cc1Br. The molecule has 0 bridgehead atoms. The third-order valence-corrected chi connectivity index (χ3v) is 6.21. The van der Waals surface area contributed by atoms with Crippen molar-refractivity contribution in [3.8, 4) is 0 Å². The first kappa shape index (κ1) is 16.5. The molecule has 0 saturated carbocycles. The first-order valence-electron chi connectivity index (χ1n) is 6.06. The lowest BCUT2D eigenvalue weighted by Crippen LogP contribution is -2.26. The summed E-state index contributed by atoms with van der Waals surface area (Å²) >= 11 is 6.63. The van der Waals surface area contributed by atoms with Crippen molar-refractivity contribution < 1.29 is 8.42 Å². The van der Waals surface area contributed by atoms with Crippen LogP contribution in [0.5, 0.6) is 0 Å². The maximum atomic E-state index is 12.6. The van der Waals surface area contributed by atoms with Crippen molar-refractivity contribution in [1.29, 1.82) is 0 Å². The van der Waals surface area contributed by atoms with E-state index in [1.54, 1.807) is 19.2 Å². The Morgan fingerprint density at radius 3 is 2.48 bits per heavy atom. The van der Waals surface area contributed by atoms with Gasteiger partial charge < -0.3 is 5.73 Å². The van der Waals surface area contributed by atoms with E-state index in [0.29, 0.717) is 16.7 Å². The lowest BCUT2D eigenvalue weighted by atomic mass is 10.2. The minimum atomic E-state index is -3.58. The number of anilines is 1. The Hall–Kier alpha value is -0.890. The summed E-state index contributed by atoms with van der Waals surface area (Å²) in [6.07, 6.45) is 0. The van der Waals surface area contributed by atoms with Gasteiger partial charge in [0.25, 0.3) is 0 Å². The van der Waals surface area contributed by atoms with Gasteiger partial charge in [-0.2, -0.15) is 4.31 Å². The number of hydrogen-bond donors (Lipinski definition) is 1. The smallest absolute Gasteiger partial charge is 0.244 e. The summed E-state index contributed by atoms with van der Waals surface area (Å²) in [5.74, 6) is 0. The second-order valence-electron chi connectivity index (χ2n) is 4.58. The van der Waals surface area contributed by atoms with Crippen LogP contribution in [0, 0.1) is 0 Å². The van der Waals surface area contributed by atoms with Crippen LogP contribution in [0.1, 0.15) is 5.56 Å². The van der Waals surface area contributed by atoms with Gasteiger partial charge >= 0.3 is 0 Å². The molecule has 2 aromatic carbocycles. The van der Waals surface area contributed by atoms with E-state index >= 15 is 0 Å². The standard InChI is InChI=1S/C14H14Br2N2O2S/c1-18(9-10-3-2-4-11(15)7-10)21(19,20)14-6-5-12(17)8-13(14)16/h2-8H,9,17H2,1H3. The quantitative estimate of drug-likeness (QED) is 0.749. The number of benzene rings is 2. The highest BCUT2D eigenvalue weighted by Gasteiger charge is 2.23. The van der Waals surface area contributed by atoms with Crippen LogP contribution in [-0.4, -0.2) is 19.8 Å². The van der Waals surface area contributed by atoms with Crippen molar-refractivity contribution in [2.45, 2.75) is 11.4 Å². The third-order valence-electron chi connectivity index (χ3n) is 2.94. The molecule has 112 valence electrons. The number of nitrogens with two attached hydrogens (primary N) is 1. The van der Waals surface area contributed by atoms with Crippen molar-refractivity contribution in [3.05, 3.63) is 57.0 Å². The van der Waals surface area contributed by atoms with Crippen molar-refractivity contribution in [1.82, 2.24) is 4.31 Å². The Balaban J connectivity index is 2.30. The minimum absolute atomic E-state index is 0.203. The summed E-state index contributed by atoms with van der Waals surface area (Å²) < 4.78 is 27.9. The van der Waals surface area contributed by atoms with E-state index in [4.69, 9.17) is 5.73 Å². The first-order chi connectivity index (χ1) is 9.80. The molecule has 0 atom stereocenters. The van der Waals surface area contributed by atoms with Gasteiger partial charge in [0.2, 0.25) is 10.0 Å². The predicted molar refractivity (Wildman–Crippen MR) is 91.3 cm³/mol. The molecular weight excluding hydrogens is 420 g/mol. The minimum Gasteiger partial charge on any atom is -0.399 e. The molecular formula is C14H14Br2N2O2S. The van der Waals surface area contributed by atoms with Gasteiger partial charge in [-0.1, -0.05) is 28.1 Å². The molecule has 0 spiro atoms. The fourth-order valence-electron chi connectivity index (χ4n) is 1.87. The van der Waals surface area contributed by atoms with Gasteiger partial charge in [-0.25, -0.2) is 8.42 Å². The van der Waals surface area contributed by atoms with E-state index in [1.807, 2.05) is 24.3 Å². The molecule has 0 aliphatic carbocycles. The Bertz CT molecular complexity index is 763. The Labute approximate surface area is 141 Å². The molecule has 0 aliphatic heterocycles. The predicted octanol–water partition coefficient (Wildman–Crippen LogP) is 3.61. The molecule has 0 fully saturated rings. The van der Waals surface area contributed by atoms with Gasteiger partial charge in [-0.05, 0) is 51.8 Å². The van der Waals surface area contributed by atoms with Gasteiger partial charge in [0.15, 0.2) is 0 Å². The zero-order valence-corrected chi connectivity index (χ0v) is 15.2. The Morgan fingerprint density at radius 2 is 1.86 bits per heavy atom. The van der Waals surface area contributed by atoms with Crippen molar-refractivity contribution in [2.75, 3.05) is 12.8 Å². The van der Waals surface area contributed by atoms with Crippen LogP contribution in [0.2, 0.25) is 0 Å². The molecule has 21 heavy (non-hydrogen) atoms. The van der Waals surface area contributed by atoms with E-state index < -0.39 is 10.0 Å². The average Bonchev–Trinajstić information content (AvgIpc) is 2.38. The maximum absolute atomic E-state index is 12.6. The lowest BCUT2D eigenvalue weighted by molar-refractivity contribution is 0.466. The zero-order chi connectivity index (χ0) is 15.6. The number of hydrogen-bond acceptors (Lipinski definition) is 3. The van der Waals surface area contributed by atoms with Crippen LogP contribution in [0.25, 0.3) is 0 Å². The molecule has 2 rings (SSSR count). The summed E-state index contributed by atoms with van der Waals surface area (Å²) in [6, 6.07) is 12.2. The third kappa shape index (κ3) is 3.85. The van der Waals surface area contributed by atoms with E-state index in [0.717, 1.165) is 10.0 Å². The van der Waals surface area contributed by atoms with Crippen LogP contribution < -0.4 is 5.73 Å². The van der Waals surface area contributed by atoms with Gasteiger partial charge in [-0.3, -0.25) is 0 Å². The number of rotatable bonds is 4. The molecule has 0 heterocycles. The van der Waals surface area contributed by atoms with Crippen LogP contribution in [0.4, 0.5) is 5.69 Å². The molecule has 4 nitrogen and oxygen atoms in total. The van der Waals surface area contributed by atoms with Crippen LogP contribution in [0.15, 0.2) is 56.3 Å². The van der Waals surface area contributed by atoms with Crippen molar-refractivity contribution >= 4 is 47.6 Å². The molecule has 0 aliphatic rings. The van der Waals surface area contributed by atoms with Crippen molar-refractivity contribution in [3.63, 3.8) is 0 Å². The molecule has 2 N–H and O–H groups in total. The molecule has 7 heteroatoms. The summed E-state index contributed by atoms with van der Waals surface area (Å²) in [7, 11) is -2.03. The number of sulfonamides is 1. The van der Waals surface area contributed by atoms with Crippen LogP contribution in [-0.2, 0) is 16.6 Å². The lowest BCUT2D eigenvalue weighted by Gasteiger charge is -2.18. The normalized spacial score (nSPS) is 11.8. The monoisotopic (exact) mass is 432 g/mol. The molecule has 0 aromatic heterocycles. The second-order valence-corrected chi connectivity index (χ2v) is 8.36. The Morgan fingerprint density at radius 1 is 1.14 bits per heavy atom. The van der Waals surface area contributed by atoms with E-state index in [1.165, 1.54) is 10.4 Å². The fraction of sp³-hybridized carbons (Fsp3) is 0.143. The van der Waals surface area contributed by atoms with Gasteiger partial charge in [-0.15, -0.1) is 0 Å². The number of nitrogens with zero attached hydrogens (tertiary/aromatic N) is 1. The molecule has 2 aromatic rings. The number of halogens is 2. The summed E-state index contributed by atoms with van der Waals surface area (Å²) in [5.41, 5.74) is 7.06. The highest BCUT2D eigenvalue weighted by Crippen LogP contribution is 2.27. The summed E-state index contributed by atoms with van der Waals surface area (Å²) in [4.78, 5) is 0.203. The fourth-order valence-corrected chi connectivity index (χ4v) is 4.53. The molecule has 0 saturated heterocycles. The van der Waals surface area contributed by atoms with E-state index in [9.17, 15) is 8.42 Å². The van der Waals surface area contributed by atoms with Crippen molar-refractivity contribution in [2.24, 2.45) is 0 Å². The zero-order valence-electron chi connectivity index (χ0n) is 11.3. The van der Waals surface area contributed by atoms with Crippen LogP contribution >= 0.6 is 31.9 Å². The largest absolute Gasteiger partial charge is 0.399 e. The highest BCUT2D eigenvalue weighted by atomic mass is 79.9. The molecule has 0 amide bonds. The second kappa shape index (κ2) is 6.48. The van der Waals surface area contributed by atoms with Gasteiger partial charge in [0.05, 0.1) is 4.90 Å². The maximum Gasteiger partial charge on any atom is 0.244 e. The Kier molecular flexibility index (Phi) is 5.08. The first-order valence-corrected chi connectivity index (χ1v) is 9.09. The van der Waals surface area contributed by atoms with Gasteiger partial charge in [0, 0.05) is 28.2 Å². The van der Waals surface area contributed by atoms with E-state index in [-0.39, 0.29) is 4.90 Å². The van der Waals surface area contributed by atoms with Crippen LogP contribution in [0.3, 0.4) is 0 Å². The highest BCUT2D eigenvalue weighted by molar-refractivity contribution is 9.10.